The van der Waals surface area contributed by atoms with Crippen LogP contribution in [0.3, 0.4) is 0 Å². The molecule has 0 unspecified atom stereocenters. The minimum atomic E-state index is 1.04. The Hall–Kier alpha value is -0.890. The third-order valence-electron chi connectivity index (χ3n) is 3.49. The van der Waals surface area contributed by atoms with Crippen LogP contribution in [0, 0.1) is 0 Å². The van der Waals surface area contributed by atoms with Crippen LogP contribution in [0.4, 0.5) is 0 Å². The molecule has 0 atom stereocenters. The van der Waals surface area contributed by atoms with Crippen molar-refractivity contribution in [1.82, 2.24) is 10.3 Å². The maximum atomic E-state index is 4.32. The fraction of sp³-hybridized carbons (Fsp3) is 0.706. The summed E-state index contributed by atoms with van der Waals surface area (Å²) in [5.74, 6) is 0. The summed E-state index contributed by atoms with van der Waals surface area (Å²) in [7, 11) is 0. The Morgan fingerprint density at radius 2 is 1.63 bits per heavy atom. The van der Waals surface area contributed by atoms with Gasteiger partial charge in [-0.1, -0.05) is 57.9 Å². The molecule has 0 fully saturated rings. The topological polar surface area (TPSA) is 24.9 Å². The highest BCUT2D eigenvalue weighted by Crippen LogP contribution is 2.07. The molecule has 1 heterocycles. The highest BCUT2D eigenvalue weighted by Gasteiger charge is 1.94. The Morgan fingerprint density at radius 1 is 0.895 bits per heavy atom. The van der Waals surface area contributed by atoms with Crippen molar-refractivity contribution < 1.29 is 0 Å². The molecule has 1 rings (SSSR count). The average molecular weight is 262 g/mol. The van der Waals surface area contributed by atoms with E-state index in [9.17, 15) is 0 Å². The van der Waals surface area contributed by atoms with Crippen molar-refractivity contribution in [1.29, 1.82) is 0 Å². The summed E-state index contributed by atoms with van der Waals surface area (Å²) in [6, 6.07) is 6.12. The molecule has 0 saturated carbocycles. The van der Waals surface area contributed by atoms with Crippen LogP contribution in [-0.4, -0.2) is 18.1 Å². The molecule has 0 saturated heterocycles. The van der Waals surface area contributed by atoms with E-state index in [0.29, 0.717) is 0 Å². The van der Waals surface area contributed by atoms with Crippen LogP contribution in [0.1, 0.15) is 64.0 Å². The first-order valence-electron chi connectivity index (χ1n) is 8.04. The number of nitrogens with one attached hydrogen (secondary N) is 1. The molecule has 0 aliphatic rings. The Balaban J connectivity index is 1.79. The molecule has 1 aromatic rings. The van der Waals surface area contributed by atoms with Crippen LogP contribution in [0.5, 0.6) is 0 Å². The highest BCUT2D eigenvalue weighted by molar-refractivity contribution is 5.03. The molecule has 0 bridgehead atoms. The molecule has 1 N–H and O–H groups in total. The van der Waals surface area contributed by atoms with Crippen molar-refractivity contribution >= 4 is 0 Å². The first-order valence-corrected chi connectivity index (χ1v) is 8.04. The van der Waals surface area contributed by atoms with Crippen molar-refractivity contribution in [2.24, 2.45) is 0 Å². The Morgan fingerprint density at radius 3 is 2.32 bits per heavy atom. The van der Waals surface area contributed by atoms with Gasteiger partial charge in [-0.25, -0.2) is 0 Å². The van der Waals surface area contributed by atoms with Crippen molar-refractivity contribution in [3.63, 3.8) is 0 Å². The Labute approximate surface area is 119 Å². The smallest absolute Gasteiger partial charge is 0.0416 e. The van der Waals surface area contributed by atoms with Crippen molar-refractivity contribution in [2.75, 3.05) is 13.1 Å². The van der Waals surface area contributed by atoms with Crippen LogP contribution in [0.2, 0.25) is 0 Å². The minimum Gasteiger partial charge on any atom is -0.316 e. The normalized spacial score (nSPS) is 10.8. The first-order chi connectivity index (χ1) is 9.43. The largest absolute Gasteiger partial charge is 0.316 e. The summed E-state index contributed by atoms with van der Waals surface area (Å²) in [5, 5.41) is 3.51. The summed E-state index contributed by atoms with van der Waals surface area (Å²) < 4.78 is 0. The minimum absolute atomic E-state index is 1.04. The second kappa shape index (κ2) is 12.2. The van der Waals surface area contributed by atoms with Crippen molar-refractivity contribution in [2.45, 2.75) is 64.7 Å². The molecule has 0 aliphatic carbocycles. The van der Waals surface area contributed by atoms with Gasteiger partial charge in [0.05, 0.1) is 0 Å². The standard InChI is InChI=1S/C17H30N2/c1-2-3-4-5-6-7-8-10-14-18-16-13-17-12-9-11-15-19-17/h9,11-12,15,18H,2-8,10,13-14,16H2,1H3. The number of unbranched alkanes of at least 4 members (excludes halogenated alkanes) is 7. The molecule has 2 heteroatoms. The molecule has 0 spiro atoms. The number of rotatable bonds is 12. The van der Waals surface area contributed by atoms with Gasteiger partial charge in [-0.05, 0) is 25.1 Å². The van der Waals surface area contributed by atoms with E-state index in [-0.39, 0.29) is 0 Å². The zero-order valence-corrected chi connectivity index (χ0v) is 12.5. The van der Waals surface area contributed by atoms with E-state index in [2.05, 4.69) is 29.4 Å². The average Bonchev–Trinajstić information content (AvgIpc) is 2.46. The molecule has 2 nitrogen and oxygen atoms in total. The van der Waals surface area contributed by atoms with Gasteiger partial charge in [-0.3, -0.25) is 4.98 Å². The molecule has 0 aliphatic heterocycles. The second-order valence-electron chi connectivity index (χ2n) is 5.30. The predicted octanol–water partition coefficient (Wildman–Crippen LogP) is 4.35. The van der Waals surface area contributed by atoms with Crippen LogP contribution in [0.15, 0.2) is 24.4 Å². The second-order valence-corrected chi connectivity index (χ2v) is 5.30. The van der Waals surface area contributed by atoms with Crippen molar-refractivity contribution in [3.05, 3.63) is 30.1 Å². The van der Waals surface area contributed by atoms with Crippen LogP contribution >= 0.6 is 0 Å². The van der Waals surface area contributed by atoms with Crippen molar-refractivity contribution in [3.8, 4) is 0 Å². The molecule has 108 valence electrons. The molecule has 0 radical (unpaired) electrons. The lowest BCUT2D eigenvalue weighted by Gasteiger charge is -2.04. The van der Waals surface area contributed by atoms with Gasteiger partial charge in [0.25, 0.3) is 0 Å². The predicted molar refractivity (Wildman–Crippen MR) is 83.4 cm³/mol. The van der Waals surface area contributed by atoms with Crippen LogP contribution in [0.25, 0.3) is 0 Å². The lowest BCUT2D eigenvalue weighted by molar-refractivity contribution is 0.555. The van der Waals surface area contributed by atoms with Gasteiger partial charge >= 0.3 is 0 Å². The Kier molecular flexibility index (Phi) is 10.3. The number of nitrogens with zero attached hydrogens (tertiary/aromatic N) is 1. The molecule has 1 aromatic heterocycles. The van der Waals surface area contributed by atoms with E-state index in [1.807, 2.05) is 12.3 Å². The van der Waals surface area contributed by atoms with Gasteiger partial charge in [-0.2, -0.15) is 0 Å². The monoisotopic (exact) mass is 262 g/mol. The zero-order chi connectivity index (χ0) is 13.6. The summed E-state index contributed by atoms with van der Waals surface area (Å²) in [6.07, 6.45) is 14.1. The van der Waals surface area contributed by atoms with Gasteiger partial charge in [-0.15, -0.1) is 0 Å². The van der Waals surface area contributed by atoms with Gasteiger partial charge < -0.3 is 5.32 Å². The Bertz CT molecular complexity index is 285. The van der Waals surface area contributed by atoms with E-state index >= 15 is 0 Å². The number of pyridine rings is 1. The summed E-state index contributed by atoms with van der Waals surface area (Å²) in [6.45, 7) is 4.48. The number of hydrogen-bond acceptors (Lipinski definition) is 2. The molecule has 0 aromatic carbocycles. The van der Waals surface area contributed by atoms with Gasteiger partial charge in [0.15, 0.2) is 0 Å². The summed E-state index contributed by atoms with van der Waals surface area (Å²) >= 11 is 0. The maximum Gasteiger partial charge on any atom is 0.0416 e. The van der Waals surface area contributed by atoms with E-state index in [1.54, 1.807) is 0 Å². The molecule has 0 amide bonds. The summed E-state index contributed by atoms with van der Waals surface area (Å²) in [4.78, 5) is 4.32. The fourth-order valence-electron chi connectivity index (χ4n) is 2.27. The lowest BCUT2D eigenvalue weighted by atomic mass is 10.1. The highest BCUT2D eigenvalue weighted by atomic mass is 14.8. The van der Waals surface area contributed by atoms with E-state index < -0.39 is 0 Å². The zero-order valence-electron chi connectivity index (χ0n) is 12.5. The molecular weight excluding hydrogens is 232 g/mol. The first kappa shape index (κ1) is 16.2. The van der Waals surface area contributed by atoms with Gasteiger partial charge in [0.1, 0.15) is 0 Å². The van der Waals surface area contributed by atoms with Gasteiger partial charge in [0.2, 0.25) is 0 Å². The number of hydrogen-bond donors (Lipinski definition) is 1. The fourth-order valence-corrected chi connectivity index (χ4v) is 2.27. The van der Waals surface area contributed by atoms with Crippen LogP contribution in [-0.2, 0) is 6.42 Å². The van der Waals surface area contributed by atoms with E-state index in [1.165, 1.54) is 57.1 Å². The quantitative estimate of drug-likeness (QED) is 0.566. The third kappa shape index (κ3) is 9.66. The molecular formula is C17H30N2. The number of aromatic nitrogens is 1. The SMILES string of the molecule is CCCCCCCCCCNCCc1ccccn1. The van der Waals surface area contributed by atoms with Crippen LogP contribution < -0.4 is 5.32 Å². The van der Waals surface area contributed by atoms with Gasteiger partial charge in [0, 0.05) is 24.9 Å². The third-order valence-corrected chi connectivity index (χ3v) is 3.49. The maximum absolute atomic E-state index is 4.32. The summed E-state index contributed by atoms with van der Waals surface area (Å²) in [5.41, 5.74) is 1.19. The van der Waals surface area contributed by atoms with E-state index in [4.69, 9.17) is 0 Å². The van der Waals surface area contributed by atoms with E-state index in [0.717, 1.165) is 19.5 Å². The lowest BCUT2D eigenvalue weighted by Crippen LogP contribution is -2.18. The molecule has 19 heavy (non-hydrogen) atoms.